The van der Waals surface area contributed by atoms with Gasteiger partial charge < -0.3 is 20.3 Å². The first-order valence-corrected chi connectivity index (χ1v) is 9.52. The molecule has 6 heteroatoms. The molecule has 26 heavy (non-hydrogen) atoms. The van der Waals surface area contributed by atoms with E-state index in [0.717, 1.165) is 38.0 Å². The molecular formula is C20H27N3O3. The fraction of sp³-hybridized carbons (Fsp3) is 0.600. The third kappa shape index (κ3) is 3.07. The van der Waals surface area contributed by atoms with Crippen LogP contribution < -0.4 is 10.6 Å². The van der Waals surface area contributed by atoms with Gasteiger partial charge in [0.1, 0.15) is 5.66 Å². The number of likely N-dealkylation sites (tertiary alicyclic amines) is 1. The summed E-state index contributed by atoms with van der Waals surface area (Å²) >= 11 is 0. The molecule has 0 radical (unpaired) electrons. The molecule has 2 amide bonds. The van der Waals surface area contributed by atoms with Crippen LogP contribution in [0.25, 0.3) is 0 Å². The maximum Gasteiger partial charge on any atom is 0.255 e. The Morgan fingerprint density at radius 1 is 1.23 bits per heavy atom. The zero-order valence-corrected chi connectivity index (χ0v) is 15.5. The molecule has 0 bridgehead atoms. The van der Waals surface area contributed by atoms with Gasteiger partial charge in [0.25, 0.3) is 5.91 Å². The summed E-state index contributed by atoms with van der Waals surface area (Å²) in [6, 6.07) is 7.57. The number of piperidine rings is 1. The number of nitrogens with zero attached hydrogens (tertiary/aromatic N) is 1. The van der Waals surface area contributed by atoms with E-state index in [2.05, 4.69) is 24.5 Å². The van der Waals surface area contributed by atoms with Gasteiger partial charge in [0.2, 0.25) is 5.91 Å². The van der Waals surface area contributed by atoms with Gasteiger partial charge in [-0.15, -0.1) is 0 Å². The molecular weight excluding hydrogens is 330 g/mol. The summed E-state index contributed by atoms with van der Waals surface area (Å²) < 4.78 is 6.23. The Balaban J connectivity index is 1.43. The number of carbonyl (C=O) groups is 2. The maximum absolute atomic E-state index is 12.5. The number of ether oxygens (including phenoxy) is 1. The first-order chi connectivity index (χ1) is 12.4. The second kappa shape index (κ2) is 6.27. The SMILES string of the molecule is CC(C)CC(=O)N1CCC2(CC1)C[C@@]1(CO2)NC(=O)c2ccccc2N1. The average Bonchev–Trinajstić information content (AvgIpc) is 2.92. The topological polar surface area (TPSA) is 70.7 Å². The lowest BCUT2D eigenvalue weighted by Gasteiger charge is -2.41. The molecule has 0 saturated carbocycles. The molecule has 1 aromatic rings. The second-order valence-corrected chi connectivity index (χ2v) is 8.33. The Morgan fingerprint density at radius 3 is 2.69 bits per heavy atom. The van der Waals surface area contributed by atoms with Crippen LogP contribution >= 0.6 is 0 Å². The van der Waals surface area contributed by atoms with E-state index in [1.165, 1.54) is 0 Å². The van der Waals surface area contributed by atoms with E-state index >= 15 is 0 Å². The molecule has 3 aliphatic heterocycles. The van der Waals surface area contributed by atoms with Gasteiger partial charge in [-0.2, -0.15) is 0 Å². The van der Waals surface area contributed by atoms with Gasteiger partial charge in [-0.3, -0.25) is 9.59 Å². The van der Waals surface area contributed by atoms with Crippen molar-refractivity contribution in [2.45, 2.75) is 50.8 Å². The minimum absolute atomic E-state index is 0.0513. The summed E-state index contributed by atoms with van der Waals surface area (Å²) in [6.07, 6.45) is 2.97. The van der Waals surface area contributed by atoms with E-state index in [9.17, 15) is 9.59 Å². The molecule has 0 unspecified atom stereocenters. The standard InChI is InChI=1S/C20H27N3O3/c1-14(2)11-17(24)23-9-7-19(8-10-23)12-20(13-26-19)21-16-6-4-3-5-15(16)18(25)22-20/h3-6,14,21H,7-13H2,1-2H3,(H,22,25)/t20-/m0/s1. The van der Waals surface area contributed by atoms with E-state index in [-0.39, 0.29) is 17.4 Å². The maximum atomic E-state index is 12.5. The monoisotopic (exact) mass is 357 g/mol. The minimum atomic E-state index is -0.546. The molecule has 2 fully saturated rings. The van der Waals surface area contributed by atoms with Crippen LogP contribution in [-0.2, 0) is 9.53 Å². The number of fused-ring (bicyclic) bond motifs is 1. The lowest BCUT2D eigenvalue weighted by Crippen LogP contribution is -2.59. The number of hydrogen-bond acceptors (Lipinski definition) is 4. The van der Waals surface area contributed by atoms with Gasteiger partial charge in [0.05, 0.1) is 17.8 Å². The number of para-hydroxylation sites is 1. The van der Waals surface area contributed by atoms with Gasteiger partial charge in [-0.25, -0.2) is 0 Å². The molecule has 2 N–H and O–H groups in total. The first-order valence-electron chi connectivity index (χ1n) is 9.52. The largest absolute Gasteiger partial charge is 0.370 e. The van der Waals surface area contributed by atoms with Crippen LogP contribution in [-0.4, -0.2) is 47.7 Å². The fourth-order valence-electron chi connectivity index (χ4n) is 4.42. The summed E-state index contributed by atoms with van der Waals surface area (Å²) in [5.41, 5.74) is 0.728. The molecule has 3 aliphatic rings. The molecule has 6 nitrogen and oxygen atoms in total. The summed E-state index contributed by atoms with van der Waals surface area (Å²) in [7, 11) is 0. The van der Waals surface area contributed by atoms with E-state index < -0.39 is 5.66 Å². The smallest absolute Gasteiger partial charge is 0.255 e. The normalized spacial score (nSPS) is 26.7. The van der Waals surface area contributed by atoms with Crippen molar-refractivity contribution in [3.63, 3.8) is 0 Å². The van der Waals surface area contributed by atoms with Crippen LogP contribution in [0.15, 0.2) is 24.3 Å². The lowest BCUT2D eigenvalue weighted by atomic mass is 9.84. The lowest BCUT2D eigenvalue weighted by molar-refractivity contribution is -0.136. The molecule has 0 aromatic heterocycles. The second-order valence-electron chi connectivity index (χ2n) is 8.33. The van der Waals surface area contributed by atoms with E-state index in [4.69, 9.17) is 4.74 Å². The van der Waals surface area contributed by atoms with Crippen LogP contribution in [0.4, 0.5) is 5.69 Å². The molecule has 0 aliphatic carbocycles. The highest BCUT2D eigenvalue weighted by Gasteiger charge is 2.53. The number of nitrogens with one attached hydrogen (secondary N) is 2. The van der Waals surface area contributed by atoms with Crippen molar-refractivity contribution >= 4 is 17.5 Å². The zero-order chi connectivity index (χ0) is 18.4. The van der Waals surface area contributed by atoms with E-state index in [0.29, 0.717) is 24.5 Å². The first kappa shape index (κ1) is 17.3. The Morgan fingerprint density at radius 2 is 1.96 bits per heavy atom. The van der Waals surface area contributed by atoms with E-state index in [1.54, 1.807) is 0 Å². The molecule has 140 valence electrons. The summed E-state index contributed by atoms with van der Waals surface area (Å²) in [6.45, 7) is 6.05. The van der Waals surface area contributed by atoms with E-state index in [1.807, 2.05) is 29.2 Å². The number of carbonyl (C=O) groups excluding carboxylic acids is 2. The predicted molar refractivity (Wildman–Crippen MR) is 98.8 cm³/mol. The van der Waals surface area contributed by atoms with Crippen LogP contribution in [0.5, 0.6) is 0 Å². The van der Waals surface area contributed by atoms with Gasteiger partial charge in [-0.1, -0.05) is 26.0 Å². The minimum Gasteiger partial charge on any atom is -0.370 e. The van der Waals surface area contributed by atoms with Crippen LogP contribution in [0.1, 0.15) is 49.9 Å². The highest BCUT2D eigenvalue weighted by molar-refractivity contribution is 6.02. The molecule has 4 rings (SSSR count). The third-order valence-corrected chi connectivity index (χ3v) is 5.76. The Kier molecular flexibility index (Phi) is 4.18. The van der Waals surface area contributed by atoms with Crippen molar-refractivity contribution in [2.24, 2.45) is 5.92 Å². The molecule has 1 aromatic carbocycles. The van der Waals surface area contributed by atoms with Crippen molar-refractivity contribution in [1.29, 1.82) is 0 Å². The molecule has 1 atom stereocenters. The number of anilines is 1. The number of benzene rings is 1. The summed E-state index contributed by atoms with van der Waals surface area (Å²) in [5, 5.41) is 6.62. The Hall–Kier alpha value is -2.08. The van der Waals surface area contributed by atoms with Crippen molar-refractivity contribution in [2.75, 3.05) is 25.0 Å². The molecule has 2 saturated heterocycles. The predicted octanol–water partition coefficient (Wildman–Crippen LogP) is 2.37. The number of hydrogen-bond donors (Lipinski definition) is 2. The van der Waals surface area contributed by atoms with Crippen molar-refractivity contribution in [3.8, 4) is 0 Å². The Labute approximate surface area is 154 Å². The van der Waals surface area contributed by atoms with Crippen LogP contribution in [0.3, 0.4) is 0 Å². The zero-order valence-electron chi connectivity index (χ0n) is 15.5. The number of rotatable bonds is 2. The van der Waals surface area contributed by atoms with Gasteiger partial charge in [-0.05, 0) is 30.9 Å². The average molecular weight is 357 g/mol. The quantitative estimate of drug-likeness (QED) is 0.852. The van der Waals surface area contributed by atoms with Crippen LogP contribution in [0.2, 0.25) is 0 Å². The highest BCUT2D eigenvalue weighted by Crippen LogP contribution is 2.42. The summed E-state index contributed by atoms with van der Waals surface area (Å²) in [5.74, 6) is 0.566. The van der Waals surface area contributed by atoms with Crippen molar-refractivity contribution in [3.05, 3.63) is 29.8 Å². The Bertz CT molecular complexity index is 725. The van der Waals surface area contributed by atoms with Crippen molar-refractivity contribution < 1.29 is 14.3 Å². The van der Waals surface area contributed by atoms with Gasteiger partial charge in [0.15, 0.2) is 0 Å². The van der Waals surface area contributed by atoms with Crippen molar-refractivity contribution in [1.82, 2.24) is 10.2 Å². The summed E-state index contributed by atoms with van der Waals surface area (Å²) in [4.78, 5) is 26.8. The molecule has 2 spiro atoms. The fourth-order valence-corrected chi connectivity index (χ4v) is 4.42. The van der Waals surface area contributed by atoms with Gasteiger partial charge >= 0.3 is 0 Å². The third-order valence-electron chi connectivity index (χ3n) is 5.76. The highest BCUT2D eigenvalue weighted by atomic mass is 16.5. The number of amides is 2. The van der Waals surface area contributed by atoms with Crippen LogP contribution in [0, 0.1) is 5.92 Å². The van der Waals surface area contributed by atoms with Gasteiger partial charge in [0, 0.05) is 31.6 Å². The molecule has 3 heterocycles.